The third-order valence-corrected chi connectivity index (χ3v) is 16.9. The third kappa shape index (κ3) is 10.2. The highest BCUT2D eigenvalue weighted by Gasteiger charge is 2.40. The average molecular weight is 843 g/mol. The maximum atomic E-state index is 14.7. The number of fused-ring (bicyclic) bond motifs is 2. The lowest BCUT2D eigenvalue weighted by molar-refractivity contribution is 0.133. The maximum Gasteiger partial charge on any atom is 0.243 e. The van der Waals surface area contributed by atoms with E-state index in [-0.39, 0.29) is 55.3 Å². The molecule has 0 amide bonds. The molecular weight excluding hydrogens is 773 g/mol. The maximum absolute atomic E-state index is 14.7. The summed E-state index contributed by atoms with van der Waals surface area (Å²) in [6, 6.07) is 8.89. The summed E-state index contributed by atoms with van der Waals surface area (Å²) in [6.45, 7) is 15.7. The molecule has 2 N–H and O–H groups in total. The second kappa shape index (κ2) is 18.4. The molecule has 0 spiro atoms. The van der Waals surface area contributed by atoms with Crippen molar-refractivity contribution in [1.29, 1.82) is 0 Å². The van der Waals surface area contributed by atoms with Gasteiger partial charge in [0.15, 0.2) is 0 Å². The van der Waals surface area contributed by atoms with Crippen molar-refractivity contribution in [3.63, 3.8) is 0 Å². The quantitative estimate of drug-likeness (QED) is 0.125. The smallest absolute Gasteiger partial charge is 0.243 e. The molecule has 324 valence electrons. The van der Waals surface area contributed by atoms with Crippen LogP contribution in [-0.4, -0.2) is 124 Å². The fourth-order valence-corrected chi connectivity index (χ4v) is 13.0. The first-order valence-electron chi connectivity index (χ1n) is 21.2. The highest BCUT2D eigenvalue weighted by atomic mass is 32.2. The van der Waals surface area contributed by atoms with Crippen molar-refractivity contribution in [3.8, 4) is 0 Å². The van der Waals surface area contributed by atoms with Crippen LogP contribution in [0, 0.1) is 22.7 Å². The van der Waals surface area contributed by atoms with Crippen molar-refractivity contribution < 1.29 is 27.3 Å². The van der Waals surface area contributed by atoms with E-state index in [0.717, 1.165) is 64.5 Å². The van der Waals surface area contributed by atoms with Gasteiger partial charge in [-0.3, -0.25) is 0 Å². The van der Waals surface area contributed by atoms with E-state index in [1.165, 1.54) is 24.3 Å². The minimum atomic E-state index is -4.03. The average Bonchev–Trinajstić information content (AvgIpc) is 3.15. The van der Waals surface area contributed by atoms with Crippen molar-refractivity contribution >= 4 is 31.5 Å². The summed E-state index contributed by atoms with van der Waals surface area (Å²) in [6.07, 6.45) is 8.20. The Bertz CT molecular complexity index is 1880. The SMILES string of the molecule is CN(C)CCCN(C1CCC(C(C)(C)C)CC1)S(=O)(=O)c1ccc2c(c1)C(=NO)c1cc(S(=O)(=O)N(CCCN(C)C)C3CCC(C(C)(C)C)CC3)ccc1C2=NO. The number of hydrogen-bond acceptors (Lipinski definition) is 10. The van der Waals surface area contributed by atoms with Crippen LogP contribution in [-0.2, 0) is 20.0 Å². The summed E-state index contributed by atoms with van der Waals surface area (Å²) >= 11 is 0. The predicted molar refractivity (Wildman–Crippen MR) is 232 cm³/mol. The molecule has 0 unspecified atom stereocenters. The number of nitrogens with zero attached hydrogens (tertiary/aromatic N) is 6. The van der Waals surface area contributed by atoms with Crippen LogP contribution in [0.2, 0.25) is 0 Å². The Morgan fingerprint density at radius 3 is 1.16 bits per heavy atom. The van der Waals surface area contributed by atoms with Crippen LogP contribution in [0.1, 0.15) is 128 Å². The van der Waals surface area contributed by atoms with Crippen molar-refractivity contribution in [2.45, 2.75) is 128 Å². The Morgan fingerprint density at radius 1 is 0.534 bits per heavy atom. The van der Waals surface area contributed by atoms with Gasteiger partial charge >= 0.3 is 0 Å². The molecule has 5 rings (SSSR count). The monoisotopic (exact) mass is 842 g/mol. The van der Waals surface area contributed by atoms with Gasteiger partial charge in [-0.1, -0.05) is 64.0 Å². The molecule has 0 heterocycles. The molecule has 2 saturated carbocycles. The molecule has 0 radical (unpaired) electrons. The fraction of sp³-hybridized carbons (Fsp3) is 0.682. The largest absolute Gasteiger partial charge is 0.410 e. The molecule has 0 aromatic heterocycles. The van der Waals surface area contributed by atoms with Gasteiger partial charge in [-0.15, -0.1) is 0 Å². The number of rotatable bonds is 14. The molecule has 14 heteroatoms. The zero-order valence-corrected chi connectivity index (χ0v) is 38.3. The minimum Gasteiger partial charge on any atom is -0.410 e. The van der Waals surface area contributed by atoms with Crippen LogP contribution in [0.3, 0.4) is 0 Å². The van der Waals surface area contributed by atoms with E-state index in [1.807, 2.05) is 38.0 Å². The molecule has 2 fully saturated rings. The first kappa shape index (κ1) is 46.2. The van der Waals surface area contributed by atoms with E-state index in [2.05, 4.69) is 51.9 Å². The molecule has 2 aromatic carbocycles. The number of benzene rings is 2. The predicted octanol–water partition coefficient (Wildman–Crippen LogP) is 7.55. The standard InChI is InChI=1S/C44H70N6O6S2/c1-43(2,3)31-13-17-33(18-14-31)49(27-11-25-47(7)8)57(53,54)35-21-23-37-39(29-35)42(46-52)40-30-36(22-24-38(40)41(37)45-51)58(55,56)50(28-12-26-48(9)10)34-19-15-32(16-20-34)44(4,5)6/h21-24,29-34,51-52H,11-20,25-28H2,1-10H3. The Morgan fingerprint density at radius 2 is 0.862 bits per heavy atom. The number of oxime groups is 2. The normalized spacial score (nSPS) is 22.1. The van der Waals surface area contributed by atoms with Gasteiger partial charge in [-0.2, -0.15) is 8.61 Å². The van der Waals surface area contributed by atoms with Crippen molar-refractivity contribution in [2.75, 3.05) is 54.4 Å². The molecule has 58 heavy (non-hydrogen) atoms. The number of hydrogen-bond donors (Lipinski definition) is 2. The summed E-state index contributed by atoms with van der Waals surface area (Å²) in [5.74, 6) is 1.03. The van der Waals surface area contributed by atoms with Gasteiger partial charge in [0, 0.05) is 47.4 Å². The van der Waals surface area contributed by atoms with E-state index < -0.39 is 20.0 Å². The van der Waals surface area contributed by atoms with E-state index in [0.29, 0.717) is 48.9 Å². The molecule has 2 aromatic rings. The molecule has 3 aliphatic rings. The molecule has 0 aliphatic heterocycles. The highest BCUT2D eigenvalue weighted by molar-refractivity contribution is 7.89. The van der Waals surface area contributed by atoms with Crippen LogP contribution in [0.4, 0.5) is 0 Å². The van der Waals surface area contributed by atoms with Gasteiger partial charge in [0.2, 0.25) is 20.0 Å². The molecular formula is C44H70N6O6S2. The zero-order valence-electron chi connectivity index (χ0n) is 36.7. The summed E-state index contributed by atoms with van der Waals surface area (Å²) in [5.41, 5.74) is 1.69. The summed E-state index contributed by atoms with van der Waals surface area (Å²) in [5, 5.41) is 28.3. The van der Waals surface area contributed by atoms with Gasteiger partial charge in [-0.25, -0.2) is 16.8 Å². The van der Waals surface area contributed by atoms with Gasteiger partial charge in [0.25, 0.3) is 0 Å². The summed E-state index contributed by atoms with van der Waals surface area (Å²) in [4.78, 5) is 4.17. The van der Waals surface area contributed by atoms with Crippen LogP contribution >= 0.6 is 0 Å². The van der Waals surface area contributed by atoms with Gasteiger partial charge in [-0.05, 0) is 152 Å². The van der Waals surface area contributed by atoms with Gasteiger partial charge < -0.3 is 20.2 Å². The first-order chi connectivity index (χ1) is 27.1. The van der Waals surface area contributed by atoms with Crippen molar-refractivity contribution in [1.82, 2.24) is 18.4 Å². The Kier molecular flexibility index (Phi) is 14.6. The van der Waals surface area contributed by atoms with Gasteiger partial charge in [0.1, 0.15) is 11.4 Å². The molecule has 12 nitrogen and oxygen atoms in total. The van der Waals surface area contributed by atoms with E-state index >= 15 is 0 Å². The van der Waals surface area contributed by atoms with Crippen molar-refractivity contribution in [3.05, 3.63) is 58.7 Å². The third-order valence-electron chi connectivity index (χ3n) is 13.0. The lowest BCUT2D eigenvalue weighted by Gasteiger charge is -2.40. The highest BCUT2D eigenvalue weighted by Crippen LogP contribution is 2.42. The number of sulfonamides is 2. The molecule has 0 saturated heterocycles. The zero-order chi connectivity index (χ0) is 42.8. The molecule has 3 aliphatic carbocycles. The van der Waals surface area contributed by atoms with Crippen LogP contribution < -0.4 is 0 Å². The van der Waals surface area contributed by atoms with E-state index in [4.69, 9.17) is 0 Å². The Balaban J connectivity index is 1.52. The fourth-order valence-electron chi connectivity index (χ4n) is 9.49. The van der Waals surface area contributed by atoms with Crippen LogP contribution in [0.15, 0.2) is 56.5 Å². The van der Waals surface area contributed by atoms with Crippen molar-refractivity contribution in [2.24, 2.45) is 33.0 Å². The van der Waals surface area contributed by atoms with E-state index in [9.17, 15) is 27.3 Å². The Hall–Kier alpha value is -2.88. The molecule has 0 atom stereocenters. The molecule has 0 bridgehead atoms. The lowest BCUT2D eigenvalue weighted by Crippen LogP contribution is -2.44. The van der Waals surface area contributed by atoms with Crippen LogP contribution in [0.5, 0.6) is 0 Å². The minimum absolute atomic E-state index is 0.0150. The van der Waals surface area contributed by atoms with E-state index in [1.54, 1.807) is 20.7 Å². The lowest BCUT2D eigenvalue weighted by atomic mass is 9.71. The summed E-state index contributed by atoms with van der Waals surface area (Å²) < 4.78 is 62.2. The van der Waals surface area contributed by atoms with Crippen LogP contribution in [0.25, 0.3) is 0 Å². The topological polar surface area (TPSA) is 146 Å². The second-order valence-corrected chi connectivity index (χ2v) is 23.4. The second-order valence-electron chi connectivity index (χ2n) is 19.6. The summed E-state index contributed by atoms with van der Waals surface area (Å²) in [7, 11) is -0.166. The Labute approximate surface area is 349 Å². The first-order valence-corrected chi connectivity index (χ1v) is 24.1. The van der Waals surface area contributed by atoms with Gasteiger partial charge in [0.05, 0.1) is 9.79 Å².